The number of nitrogens with zero attached hydrogens (tertiary/aromatic N) is 1. The SMILES string of the molecule is COc1ccc(Nc2ccc(N)cn2)cc1F. The fraction of sp³-hybridized carbons (Fsp3) is 0.0833. The highest BCUT2D eigenvalue weighted by Gasteiger charge is 2.03. The topological polar surface area (TPSA) is 60.2 Å². The minimum atomic E-state index is -0.423. The van der Waals surface area contributed by atoms with E-state index in [0.717, 1.165) is 0 Å². The Labute approximate surface area is 98.2 Å². The lowest BCUT2D eigenvalue weighted by molar-refractivity contribution is 0.386. The minimum Gasteiger partial charge on any atom is -0.494 e. The van der Waals surface area contributed by atoms with E-state index in [1.54, 1.807) is 24.3 Å². The van der Waals surface area contributed by atoms with E-state index in [-0.39, 0.29) is 5.75 Å². The van der Waals surface area contributed by atoms with Crippen LogP contribution in [-0.4, -0.2) is 12.1 Å². The molecule has 5 heteroatoms. The Hall–Kier alpha value is -2.30. The zero-order valence-corrected chi connectivity index (χ0v) is 9.27. The number of nitrogen functional groups attached to an aromatic ring is 1. The van der Waals surface area contributed by atoms with Gasteiger partial charge in [-0.25, -0.2) is 9.37 Å². The highest BCUT2D eigenvalue weighted by molar-refractivity contribution is 5.58. The third-order valence-corrected chi connectivity index (χ3v) is 2.21. The quantitative estimate of drug-likeness (QED) is 0.855. The number of ether oxygens (including phenoxy) is 1. The van der Waals surface area contributed by atoms with E-state index in [0.29, 0.717) is 17.2 Å². The van der Waals surface area contributed by atoms with E-state index in [1.807, 2.05) is 0 Å². The number of nitrogens with one attached hydrogen (secondary N) is 1. The number of aromatic nitrogens is 1. The maximum absolute atomic E-state index is 13.4. The Balaban J connectivity index is 2.19. The monoisotopic (exact) mass is 233 g/mol. The Morgan fingerprint density at radius 1 is 1.29 bits per heavy atom. The van der Waals surface area contributed by atoms with Crippen molar-refractivity contribution in [1.82, 2.24) is 4.98 Å². The third-order valence-electron chi connectivity index (χ3n) is 2.21. The molecule has 1 aromatic carbocycles. The number of pyridine rings is 1. The molecule has 4 nitrogen and oxygen atoms in total. The molecule has 0 aliphatic rings. The van der Waals surface area contributed by atoms with E-state index in [2.05, 4.69) is 10.3 Å². The predicted octanol–water partition coefficient (Wildman–Crippen LogP) is 2.56. The second kappa shape index (κ2) is 4.69. The van der Waals surface area contributed by atoms with Crippen molar-refractivity contribution in [2.45, 2.75) is 0 Å². The lowest BCUT2D eigenvalue weighted by atomic mass is 10.3. The predicted molar refractivity (Wildman–Crippen MR) is 64.9 cm³/mol. The van der Waals surface area contributed by atoms with E-state index in [1.165, 1.54) is 19.4 Å². The summed E-state index contributed by atoms with van der Waals surface area (Å²) in [5.41, 5.74) is 6.69. The van der Waals surface area contributed by atoms with Gasteiger partial charge < -0.3 is 15.8 Å². The molecule has 0 unspecified atom stereocenters. The summed E-state index contributed by atoms with van der Waals surface area (Å²) in [7, 11) is 1.42. The van der Waals surface area contributed by atoms with E-state index < -0.39 is 5.82 Å². The van der Waals surface area contributed by atoms with Crippen molar-refractivity contribution in [3.05, 3.63) is 42.3 Å². The average Bonchev–Trinajstić information content (AvgIpc) is 2.32. The minimum absolute atomic E-state index is 0.209. The summed E-state index contributed by atoms with van der Waals surface area (Å²) >= 11 is 0. The van der Waals surface area contributed by atoms with Gasteiger partial charge in [0.25, 0.3) is 0 Å². The molecular weight excluding hydrogens is 221 g/mol. The van der Waals surface area contributed by atoms with Gasteiger partial charge >= 0.3 is 0 Å². The molecule has 0 fully saturated rings. The molecule has 2 rings (SSSR count). The molecule has 0 amide bonds. The standard InChI is InChI=1S/C12H12FN3O/c1-17-11-4-3-9(6-10(11)13)16-12-5-2-8(14)7-15-12/h2-7H,14H2,1H3,(H,15,16). The second-order valence-electron chi connectivity index (χ2n) is 3.45. The lowest BCUT2D eigenvalue weighted by Gasteiger charge is -2.07. The van der Waals surface area contributed by atoms with Crippen LogP contribution in [0.4, 0.5) is 21.6 Å². The Morgan fingerprint density at radius 2 is 2.12 bits per heavy atom. The van der Waals surface area contributed by atoms with E-state index in [4.69, 9.17) is 10.5 Å². The molecule has 0 aliphatic carbocycles. The van der Waals surface area contributed by atoms with Crippen LogP contribution in [0.2, 0.25) is 0 Å². The molecule has 0 radical (unpaired) electrons. The Bertz CT molecular complexity index is 514. The van der Waals surface area contributed by atoms with Crippen molar-refractivity contribution in [2.75, 3.05) is 18.2 Å². The maximum Gasteiger partial charge on any atom is 0.167 e. The summed E-state index contributed by atoms with van der Waals surface area (Å²) in [5, 5.41) is 2.96. The van der Waals surface area contributed by atoms with Crippen LogP contribution in [0.5, 0.6) is 5.75 Å². The number of benzene rings is 1. The van der Waals surface area contributed by atoms with Gasteiger partial charge in [0.2, 0.25) is 0 Å². The number of rotatable bonds is 3. The molecule has 1 heterocycles. The number of methoxy groups -OCH3 is 1. The van der Waals surface area contributed by atoms with Crippen LogP contribution in [0.3, 0.4) is 0 Å². The molecule has 88 valence electrons. The summed E-state index contributed by atoms with van der Waals surface area (Å²) in [4.78, 5) is 4.06. The molecule has 0 bridgehead atoms. The van der Waals surface area contributed by atoms with Crippen LogP contribution in [-0.2, 0) is 0 Å². The van der Waals surface area contributed by atoms with Crippen LogP contribution in [0, 0.1) is 5.82 Å². The van der Waals surface area contributed by atoms with Crippen LogP contribution in [0.1, 0.15) is 0 Å². The second-order valence-corrected chi connectivity index (χ2v) is 3.45. The molecule has 1 aromatic heterocycles. The van der Waals surface area contributed by atoms with Gasteiger partial charge in [0.15, 0.2) is 11.6 Å². The van der Waals surface area contributed by atoms with Gasteiger partial charge in [-0.1, -0.05) is 0 Å². The van der Waals surface area contributed by atoms with Crippen molar-refractivity contribution in [3.63, 3.8) is 0 Å². The van der Waals surface area contributed by atoms with Crippen LogP contribution in [0.15, 0.2) is 36.5 Å². The number of halogens is 1. The lowest BCUT2D eigenvalue weighted by Crippen LogP contribution is -1.96. The molecular formula is C12H12FN3O. The first-order valence-corrected chi connectivity index (χ1v) is 5.01. The Morgan fingerprint density at radius 3 is 2.71 bits per heavy atom. The van der Waals surface area contributed by atoms with Crippen LogP contribution < -0.4 is 15.8 Å². The van der Waals surface area contributed by atoms with Gasteiger partial charge in [-0.05, 0) is 24.3 Å². The van der Waals surface area contributed by atoms with Crippen molar-refractivity contribution in [1.29, 1.82) is 0 Å². The molecule has 17 heavy (non-hydrogen) atoms. The van der Waals surface area contributed by atoms with Crippen molar-refractivity contribution in [2.24, 2.45) is 0 Å². The molecule has 0 saturated carbocycles. The summed E-state index contributed by atoms with van der Waals surface area (Å²) < 4.78 is 18.2. The Kier molecular flexibility index (Phi) is 3.09. The van der Waals surface area contributed by atoms with Crippen molar-refractivity contribution >= 4 is 17.2 Å². The number of hydrogen-bond acceptors (Lipinski definition) is 4. The van der Waals surface area contributed by atoms with Crippen molar-refractivity contribution in [3.8, 4) is 5.75 Å². The normalized spacial score (nSPS) is 10.0. The largest absolute Gasteiger partial charge is 0.494 e. The van der Waals surface area contributed by atoms with Gasteiger partial charge in [-0.15, -0.1) is 0 Å². The first-order valence-electron chi connectivity index (χ1n) is 5.01. The van der Waals surface area contributed by atoms with Crippen molar-refractivity contribution < 1.29 is 9.13 Å². The fourth-order valence-electron chi connectivity index (χ4n) is 1.37. The first-order chi connectivity index (χ1) is 8.19. The van der Waals surface area contributed by atoms with E-state index in [9.17, 15) is 4.39 Å². The van der Waals surface area contributed by atoms with Gasteiger partial charge in [0.05, 0.1) is 19.0 Å². The number of anilines is 3. The fourth-order valence-corrected chi connectivity index (χ4v) is 1.37. The van der Waals surface area contributed by atoms with Crippen LogP contribution in [0.25, 0.3) is 0 Å². The zero-order valence-electron chi connectivity index (χ0n) is 9.27. The summed E-state index contributed by atoms with van der Waals surface area (Å²) in [6, 6.07) is 8.04. The smallest absolute Gasteiger partial charge is 0.167 e. The average molecular weight is 233 g/mol. The van der Waals surface area contributed by atoms with Gasteiger partial charge in [-0.2, -0.15) is 0 Å². The summed E-state index contributed by atoms with van der Waals surface area (Å²) in [6.45, 7) is 0. The molecule has 2 aromatic rings. The molecule has 3 N–H and O–H groups in total. The summed E-state index contributed by atoms with van der Waals surface area (Å²) in [6.07, 6.45) is 1.53. The number of nitrogens with two attached hydrogens (primary N) is 1. The number of hydrogen-bond donors (Lipinski definition) is 2. The molecule has 0 aliphatic heterocycles. The van der Waals surface area contributed by atoms with Gasteiger partial charge in [0.1, 0.15) is 5.82 Å². The summed E-state index contributed by atoms with van der Waals surface area (Å²) in [5.74, 6) is 0.387. The molecule has 0 saturated heterocycles. The highest BCUT2D eigenvalue weighted by atomic mass is 19.1. The first kappa shape index (κ1) is 11.2. The maximum atomic E-state index is 13.4. The van der Waals surface area contributed by atoms with Crippen LogP contribution >= 0.6 is 0 Å². The molecule has 0 atom stereocenters. The van der Waals surface area contributed by atoms with E-state index >= 15 is 0 Å². The third kappa shape index (κ3) is 2.63. The van der Waals surface area contributed by atoms with Gasteiger partial charge in [0, 0.05) is 11.8 Å². The van der Waals surface area contributed by atoms with Gasteiger partial charge in [-0.3, -0.25) is 0 Å². The zero-order chi connectivity index (χ0) is 12.3. The molecule has 0 spiro atoms. The highest BCUT2D eigenvalue weighted by Crippen LogP contribution is 2.22.